The van der Waals surface area contributed by atoms with Gasteiger partial charge in [-0.1, -0.05) is 78.9 Å². The van der Waals surface area contributed by atoms with Gasteiger partial charge in [-0.05, 0) is 47.5 Å². The molecule has 1 heterocycles. The fourth-order valence-electron chi connectivity index (χ4n) is 4.98. The molecule has 0 N–H and O–H groups in total. The second-order valence-corrected chi connectivity index (χ2v) is 11.3. The van der Waals surface area contributed by atoms with Gasteiger partial charge in [0.2, 0.25) is 5.91 Å². The summed E-state index contributed by atoms with van der Waals surface area (Å²) in [4.78, 5) is 17.5. The van der Waals surface area contributed by atoms with Gasteiger partial charge in [-0.15, -0.1) is 0 Å². The van der Waals surface area contributed by atoms with E-state index in [1.807, 2.05) is 36.4 Å². The van der Waals surface area contributed by atoms with Gasteiger partial charge in [0.1, 0.15) is 12.4 Å². The molecular formula is C31H30FN3O3S. The number of nitrogens with zero attached hydrogens (tertiary/aromatic N) is 3. The van der Waals surface area contributed by atoms with Gasteiger partial charge < -0.3 is 4.90 Å². The number of halogens is 1. The zero-order valence-electron chi connectivity index (χ0n) is 21.4. The van der Waals surface area contributed by atoms with Crippen LogP contribution in [0, 0.1) is 5.82 Å². The number of carbonyl (C=O) groups is 1. The molecule has 0 aromatic heterocycles. The Morgan fingerprint density at radius 2 is 1.21 bits per heavy atom. The van der Waals surface area contributed by atoms with E-state index in [4.69, 9.17) is 0 Å². The standard InChI is InChI=1S/C31H30FN3O3S/c32-27-16-18-29(19-17-27)39(37,38)35(28-14-8-3-9-15-28)24-30(36)33-20-22-34(23-21-33)31(25-10-4-1-5-11-25)26-12-6-2-7-13-26/h1-19,31H,20-24H2. The molecule has 200 valence electrons. The number of sulfonamides is 1. The number of benzene rings is 4. The maximum Gasteiger partial charge on any atom is 0.264 e. The molecule has 0 radical (unpaired) electrons. The summed E-state index contributed by atoms with van der Waals surface area (Å²) in [5.74, 6) is -0.807. The Morgan fingerprint density at radius 3 is 1.72 bits per heavy atom. The molecule has 4 aromatic carbocycles. The lowest BCUT2D eigenvalue weighted by Crippen LogP contribution is -2.52. The molecule has 1 fully saturated rings. The van der Waals surface area contributed by atoms with Gasteiger partial charge in [-0.2, -0.15) is 0 Å². The van der Waals surface area contributed by atoms with E-state index in [1.165, 1.54) is 23.3 Å². The molecule has 6 nitrogen and oxygen atoms in total. The summed E-state index contributed by atoms with van der Waals surface area (Å²) in [5.41, 5.74) is 2.75. The minimum absolute atomic E-state index is 0.0596. The first-order valence-electron chi connectivity index (χ1n) is 12.9. The van der Waals surface area contributed by atoms with Crippen LogP contribution in [0.2, 0.25) is 0 Å². The van der Waals surface area contributed by atoms with Crippen molar-refractivity contribution in [2.45, 2.75) is 10.9 Å². The van der Waals surface area contributed by atoms with Crippen molar-refractivity contribution >= 4 is 21.6 Å². The van der Waals surface area contributed by atoms with Crippen molar-refractivity contribution in [2.75, 3.05) is 37.0 Å². The molecule has 0 atom stereocenters. The maximum atomic E-state index is 13.5. The second-order valence-electron chi connectivity index (χ2n) is 9.44. The molecule has 8 heteroatoms. The van der Waals surface area contributed by atoms with E-state index < -0.39 is 15.8 Å². The number of piperazine rings is 1. The second kappa shape index (κ2) is 11.8. The smallest absolute Gasteiger partial charge is 0.264 e. The number of rotatable bonds is 8. The highest BCUT2D eigenvalue weighted by Gasteiger charge is 2.32. The van der Waals surface area contributed by atoms with Gasteiger partial charge in [0.25, 0.3) is 10.0 Å². The van der Waals surface area contributed by atoms with Crippen molar-refractivity contribution < 1.29 is 17.6 Å². The van der Waals surface area contributed by atoms with Crippen LogP contribution in [0.5, 0.6) is 0 Å². The molecule has 1 aliphatic rings. The summed E-state index contributed by atoms with van der Waals surface area (Å²) in [6, 6.07) is 33.8. The van der Waals surface area contributed by atoms with Crippen LogP contribution in [-0.4, -0.2) is 56.8 Å². The minimum atomic E-state index is -4.09. The van der Waals surface area contributed by atoms with E-state index in [0.717, 1.165) is 16.4 Å². The van der Waals surface area contributed by atoms with Gasteiger partial charge in [-0.25, -0.2) is 12.8 Å². The molecule has 1 aliphatic heterocycles. The molecule has 0 aliphatic carbocycles. The summed E-state index contributed by atoms with van der Waals surface area (Å²) < 4.78 is 41.7. The number of anilines is 1. The first-order valence-corrected chi connectivity index (χ1v) is 14.3. The predicted molar refractivity (Wildman–Crippen MR) is 150 cm³/mol. The van der Waals surface area contributed by atoms with Crippen molar-refractivity contribution in [3.63, 3.8) is 0 Å². The average molecular weight is 544 g/mol. The number of carbonyl (C=O) groups excluding carboxylic acids is 1. The van der Waals surface area contributed by atoms with Crippen molar-refractivity contribution in [2.24, 2.45) is 0 Å². The first-order chi connectivity index (χ1) is 18.9. The molecule has 1 amide bonds. The van der Waals surface area contributed by atoms with Crippen molar-refractivity contribution in [3.8, 4) is 0 Å². The van der Waals surface area contributed by atoms with E-state index >= 15 is 0 Å². The molecule has 0 spiro atoms. The van der Waals surface area contributed by atoms with Crippen LogP contribution in [0.3, 0.4) is 0 Å². The van der Waals surface area contributed by atoms with E-state index in [9.17, 15) is 17.6 Å². The Kier molecular flexibility index (Phi) is 8.05. The lowest BCUT2D eigenvalue weighted by atomic mass is 9.96. The summed E-state index contributed by atoms with van der Waals surface area (Å²) in [6.45, 7) is 1.92. The van der Waals surface area contributed by atoms with Crippen LogP contribution >= 0.6 is 0 Å². The quantitative estimate of drug-likeness (QED) is 0.315. The van der Waals surface area contributed by atoms with Crippen LogP contribution < -0.4 is 4.31 Å². The van der Waals surface area contributed by atoms with Crippen LogP contribution in [0.25, 0.3) is 0 Å². The fraction of sp³-hybridized carbons (Fsp3) is 0.194. The average Bonchev–Trinajstić information content (AvgIpc) is 2.98. The Morgan fingerprint density at radius 1 is 0.718 bits per heavy atom. The summed E-state index contributed by atoms with van der Waals surface area (Å²) >= 11 is 0. The number of hydrogen-bond acceptors (Lipinski definition) is 4. The Balaban J connectivity index is 1.33. The molecular weight excluding hydrogens is 513 g/mol. The SMILES string of the molecule is O=C(CN(c1ccccc1)S(=O)(=O)c1ccc(F)cc1)N1CCN(C(c2ccccc2)c2ccccc2)CC1. The van der Waals surface area contributed by atoms with Crippen LogP contribution in [0.1, 0.15) is 17.2 Å². The molecule has 0 saturated carbocycles. The highest BCUT2D eigenvalue weighted by molar-refractivity contribution is 7.92. The molecule has 1 saturated heterocycles. The Hall–Kier alpha value is -4.01. The number of hydrogen-bond donors (Lipinski definition) is 0. The summed E-state index contributed by atoms with van der Waals surface area (Å²) in [6.07, 6.45) is 0. The van der Waals surface area contributed by atoms with E-state index in [1.54, 1.807) is 35.2 Å². The Bertz CT molecular complexity index is 1440. The number of para-hydroxylation sites is 1. The third-order valence-electron chi connectivity index (χ3n) is 6.99. The summed E-state index contributed by atoms with van der Waals surface area (Å²) in [5, 5.41) is 0. The van der Waals surface area contributed by atoms with Gasteiger partial charge >= 0.3 is 0 Å². The normalized spacial score (nSPS) is 14.4. The highest BCUT2D eigenvalue weighted by atomic mass is 32.2. The van der Waals surface area contributed by atoms with Crippen LogP contribution in [-0.2, 0) is 14.8 Å². The largest absolute Gasteiger partial charge is 0.339 e. The highest BCUT2D eigenvalue weighted by Crippen LogP contribution is 2.30. The van der Waals surface area contributed by atoms with Gasteiger partial charge in [0, 0.05) is 26.2 Å². The fourth-order valence-corrected chi connectivity index (χ4v) is 6.39. The van der Waals surface area contributed by atoms with Crippen LogP contribution in [0.4, 0.5) is 10.1 Å². The van der Waals surface area contributed by atoms with E-state index in [0.29, 0.717) is 31.9 Å². The van der Waals surface area contributed by atoms with E-state index in [-0.39, 0.29) is 23.4 Å². The zero-order valence-corrected chi connectivity index (χ0v) is 22.3. The van der Waals surface area contributed by atoms with Gasteiger partial charge in [0.15, 0.2) is 0 Å². The van der Waals surface area contributed by atoms with Crippen LogP contribution in [0.15, 0.2) is 120 Å². The minimum Gasteiger partial charge on any atom is -0.339 e. The third-order valence-corrected chi connectivity index (χ3v) is 8.78. The third kappa shape index (κ3) is 6.02. The molecule has 39 heavy (non-hydrogen) atoms. The molecule has 4 aromatic rings. The zero-order chi connectivity index (χ0) is 27.2. The Labute approximate surface area is 229 Å². The predicted octanol–water partition coefficient (Wildman–Crippen LogP) is 4.95. The molecule has 0 unspecified atom stereocenters. The monoisotopic (exact) mass is 543 g/mol. The van der Waals surface area contributed by atoms with Gasteiger partial charge in [-0.3, -0.25) is 14.0 Å². The topological polar surface area (TPSA) is 60.9 Å². The first kappa shape index (κ1) is 26.6. The lowest BCUT2D eigenvalue weighted by Gasteiger charge is -2.40. The van der Waals surface area contributed by atoms with E-state index in [2.05, 4.69) is 29.2 Å². The lowest BCUT2D eigenvalue weighted by molar-refractivity contribution is -0.131. The summed E-state index contributed by atoms with van der Waals surface area (Å²) in [7, 11) is -4.09. The van der Waals surface area contributed by atoms with Crippen molar-refractivity contribution in [3.05, 3.63) is 132 Å². The van der Waals surface area contributed by atoms with Gasteiger partial charge in [0.05, 0.1) is 16.6 Å². The molecule has 0 bridgehead atoms. The maximum absolute atomic E-state index is 13.5. The molecule has 5 rings (SSSR count). The van der Waals surface area contributed by atoms with Crippen molar-refractivity contribution in [1.82, 2.24) is 9.80 Å². The number of amides is 1. The van der Waals surface area contributed by atoms with Crippen molar-refractivity contribution in [1.29, 1.82) is 0 Å².